The molecule has 0 bridgehead atoms. The Morgan fingerprint density at radius 1 is 1.15 bits per heavy atom. The molecule has 33 heavy (non-hydrogen) atoms. The number of carbonyl (C=O) groups excluding carboxylic acids is 2. The first-order valence-electron chi connectivity index (χ1n) is 12.3. The topological polar surface area (TPSA) is 87.1 Å². The Morgan fingerprint density at radius 3 is 2.33 bits per heavy atom. The van der Waals surface area contributed by atoms with E-state index < -0.39 is 50.6 Å². The quantitative estimate of drug-likeness (QED) is 0.622. The van der Waals surface area contributed by atoms with Crippen LogP contribution in [0.2, 0.25) is 0 Å². The van der Waals surface area contributed by atoms with Crippen molar-refractivity contribution in [1.29, 1.82) is 0 Å². The molecular weight excluding hydrogens is 418 g/mol. The van der Waals surface area contributed by atoms with E-state index in [9.17, 15) is 19.8 Å². The minimum Gasteiger partial charge on any atom is -0.390 e. The zero-order valence-electron chi connectivity index (χ0n) is 21.1. The molecule has 3 aliphatic carbocycles. The van der Waals surface area contributed by atoms with Crippen LogP contribution < -0.4 is 0 Å². The Kier molecular flexibility index (Phi) is 4.23. The van der Waals surface area contributed by atoms with E-state index in [-0.39, 0.29) is 18.1 Å². The lowest BCUT2D eigenvalue weighted by Crippen LogP contribution is -2.97. The first-order chi connectivity index (χ1) is 15.0. The zero-order valence-corrected chi connectivity index (χ0v) is 21.1. The van der Waals surface area contributed by atoms with E-state index in [4.69, 9.17) is 4.74 Å². The largest absolute Gasteiger partial charge is 0.390 e. The van der Waals surface area contributed by atoms with E-state index in [2.05, 4.69) is 12.7 Å². The Balaban J connectivity index is 1.82. The van der Waals surface area contributed by atoms with Crippen molar-refractivity contribution in [3.63, 3.8) is 0 Å². The highest BCUT2D eigenvalue weighted by molar-refractivity contribution is 5.94. The number of aliphatic hydroxyl groups is 2. The van der Waals surface area contributed by atoms with Crippen LogP contribution in [0.1, 0.15) is 74.1 Å². The molecule has 6 nitrogen and oxygen atoms in total. The number of carbonyl (C=O) groups is 2. The second-order valence-corrected chi connectivity index (χ2v) is 12.8. The van der Waals surface area contributed by atoms with Gasteiger partial charge in [0, 0.05) is 35.6 Å². The summed E-state index contributed by atoms with van der Waals surface area (Å²) in [5.41, 5.74) is -5.91. The minimum atomic E-state index is -1.50. The van der Waals surface area contributed by atoms with Crippen molar-refractivity contribution in [3.8, 4) is 0 Å². The summed E-state index contributed by atoms with van der Waals surface area (Å²) in [6, 6.07) is -0.798. The number of ether oxygens (including phenoxy) is 1. The molecule has 1 spiro atoms. The van der Waals surface area contributed by atoms with Gasteiger partial charge in [-0.2, -0.15) is 0 Å². The number of Topliss-reactive ketones (excluding diaryl/α,β-unsaturated/α-hetero) is 1. The first kappa shape index (κ1) is 23.3. The van der Waals surface area contributed by atoms with E-state index >= 15 is 0 Å². The standard InChI is InChI=1S/C27H39NO5/c1-9-23(6)15-17(29)26-22(4,5)27(32)19(28-14-10-11-18(28)30)20(31)21(2,3)16(25(26,27)8)12-13-24(26,7)33-23/h9,12,19-20,31-32H,1,10-11,13-15H2,2-8H3/t19?,20?,23-,24+,25-,26+,27?/m0/s1. The lowest BCUT2D eigenvalue weighted by Gasteiger charge is -2.87. The third-order valence-electron chi connectivity index (χ3n) is 10.9. The number of nitrogens with zero attached hydrogens (tertiary/aromatic N) is 1. The number of aliphatic hydroxyl groups excluding tert-OH is 1. The Labute approximate surface area is 197 Å². The predicted octanol–water partition coefficient (Wildman–Crippen LogP) is 3.16. The maximum Gasteiger partial charge on any atom is 0.223 e. The highest BCUT2D eigenvalue weighted by Gasteiger charge is 2.95. The highest BCUT2D eigenvalue weighted by Crippen LogP contribution is 2.87. The van der Waals surface area contributed by atoms with Gasteiger partial charge in [0.25, 0.3) is 0 Å². The van der Waals surface area contributed by atoms with Crippen LogP contribution in [0.15, 0.2) is 24.3 Å². The Bertz CT molecular complexity index is 1010. The monoisotopic (exact) mass is 457 g/mol. The molecule has 182 valence electrons. The van der Waals surface area contributed by atoms with E-state index in [0.717, 1.165) is 5.57 Å². The van der Waals surface area contributed by atoms with Gasteiger partial charge >= 0.3 is 0 Å². The van der Waals surface area contributed by atoms with E-state index in [1.54, 1.807) is 11.0 Å². The van der Waals surface area contributed by atoms with Crippen LogP contribution >= 0.6 is 0 Å². The summed E-state index contributed by atoms with van der Waals surface area (Å²) in [5.74, 6) is 0.0280. The van der Waals surface area contributed by atoms with Gasteiger partial charge in [0.05, 0.1) is 28.8 Å². The molecule has 0 aromatic heterocycles. The maximum atomic E-state index is 14.4. The second-order valence-electron chi connectivity index (χ2n) is 12.8. The molecule has 2 aliphatic heterocycles. The molecule has 2 N–H and O–H groups in total. The molecule has 0 aromatic carbocycles. The number of ketones is 1. The number of likely N-dealkylation sites (tertiary alicyclic amines) is 1. The smallest absolute Gasteiger partial charge is 0.223 e. The van der Waals surface area contributed by atoms with E-state index in [0.29, 0.717) is 25.8 Å². The molecular formula is C27H39NO5. The molecule has 0 radical (unpaired) electrons. The van der Waals surface area contributed by atoms with Crippen molar-refractivity contribution in [2.75, 3.05) is 6.54 Å². The van der Waals surface area contributed by atoms with Gasteiger partial charge in [0.1, 0.15) is 11.4 Å². The summed E-state index contributed by atoms with van der Waals surface area (Å²) >= 11 is 0. The van der Waals surface area contributed by atoms with Crippen molar-refractivity contribution < 1.29 is 24.5 Å². The van der Waals surface area contributed by atoms with Gasteiger partial charge in [0.15, 0.2) is 0 Å². The maximum absolute atomic E-state index is 14.4. The third-order valence-corrected chi connectivity index (χ3v) is 10.9. The summed E-state index contributed by atoms with van der Waals surface area (Å²) in [4.78, 5) is 29.0. The van der Waals surface area contributed by atoms with Crippen molar-refractivity contribution in [3.05, 3.63) is 24.3 Å². The summed E-state index contributed by atoms with van der Waals surface area (Å²) in [6.07, 6.45) is 4.67. The minimum absolute atomic E-state index is 0.0416. The summed E-state index contributed by atoms with van der Waals surface area (Å²) in [5, 5.41) is 24.5. The molecule has 6 heteroatoms. The molecule has 4 fully saturated rings. The van der Waals surface area contributed by atoms with E-state index in [1.165, 1.54) is 0 Å². The fourth-order valence-electron chi connectivity index (χ4n) is 9.88. The molecule has 1 amide bonds. The van der Waals surface area contributed by atoms with Gasteiger partial charge in [-0.3, -0.25) is 9.59 Å². The lowest BCUT2D eigenvalue weighted by atomic mass is 9.18. The SMILES string of the molecule is C=C[C@@]1(C)CC(=O)[C@@]23C(C)(C)C4(O)C(N5CCCC5=O)C(O)C(C)(C)C(=CC[C@@]2(C)O1)[C@]43C. The van der Waals surface area contributed by atoms with Crippen molar-refractivity contribution in [1.82, 2.24) is 4.90 Å². The molecule has 2 saturated heterocycles. The molecule has 3 unspecified atom stereocenters. The molecule has 0 aromatic rings. The average molecular weight is 458 g/mol. The van der Waals surface area contributed by atoms with Crippen molar-refractivity contribution in [2.24, 2.45) is 21.7 Å². The van der Waals surface area contributed by atoms with Crippen LogP contribution in [0.4, 0.5) is 0 Å². The third kappa shape index (κ3) is 1.99. The summed E-state index contributed by atoms with van der Waals surface area (Å²) in [6.45, 7) is 18.2. The number of hydrogen-bond acceptors (Lipinski definition) is 5. The average Bonchev–Trinajstić information content (AvgIpc) is 3.11. The first-order valence-corrected chi connectivity index (χ1v) is 12.3. The molecule has 7 atom stereocenters. The fraction of sp³-hybridized carbons (Fsp3) is 0.778. The van der Waals surface area contributed by atoms with Crippen molar-refractivity contribution in [2.45, 2.75) is 103 Å². The molecule has 5 aliphatic rings. The van der Waals surface area contributed by atoms with Crippen LogP contribution in [0.25, 0.3) is 0 Å². The molecule has 5 rings (SSSR count). The van der Waals surface area contributed by atoms with Gasteiger partial charge in [-0.25, -0.2) is 0 Å². The second kappa shape index (κ2) is 6.00. The zero-order chi connectivity index (χ0) is 24.6. The highest BCUT2D eigenvalue weighted by atomic mass is 16.5. The van der Waals surface area contributed by atoms with Crippen LogP contribution in [0.3, 0.4) is 0 Å². The number of amides is 1. The van der Waals surface area contributed by atoms with Gasteiger partial charge in [-0.15, -0.1) is 6.58 Å². The van der Waals surface area contributed by atoms with Crippen LogP contribution in [0.5, 0.6) is 0 Å². The Morgan fingerprint density at radius 2 is 1.79 bits per heavy atom. The molecule has 2 heterocycles. The predicted molar refractivity (Wildman–Crippen MR) is 124 cm³/mol. The van der Waals surface area contributed by atoms with Crippen LogP contribution in [-0.2, 0) is 14.3 Å². The lowest BCUT2D eigenvalue weighted by molar-refractivity contribution is -0.426. The summed E-state index contributed by atoms with van der Waals surface area (Å²) < 4.78 is 6.76. The van der Waals surface area contributed by atoms with E-state index in [1.807, 2.05) is 48.5 Å². The Hall–Kier alpha value is -1.50. The normalized spacial score (nSPS) is 51.9. The summed E-state index contributed by atoms with van der Waals surface area (Å²) in [7, 11) is 0. The molecule has 2 saturated carbocycles. The number of hydrogen-bond donors (Lipinski definition) is 2. The van der Waals surface area contributed by atoms with Gasteiger partial charge in [-0.05, 0) is 26.7 Å². The van der Waals surface area contributed by atoms with Crippen LogP contribution in [0, 0.1) is 21.7 Å². The van der Waals surface area contributed by atoms with Gasteiger partial charge < -0.3 is 19.8 Å². The fourth-order valence-corrected chi connectivity index (χ4v) is 9.88. The van der Waals surface area contributed by atoms with Crippen molar-refractivity contribution >= 4 is 11.7 Å². The van der Waals surface area contributed by atoms with Crippen LogP contribution in [-0.4, -0.2) is 62.3 Å². The van der Waals surface area contributed by atoms with Gasteiger partial charge in [0.2, 0.25) is 5.91 Å². The van der Waals surface area contributed by atoms with Gasteiger partial charge in [-0.1, -0.05) is 52.3 Å². The number of rotatable bonds is 2.